The van der Waals surface area contributed by atoms with E-state index in [0.29, 0.717) is 47.4 Å². The van der Waals surface area contributed by atoms with Crippen molar-refractivity contribution < 1.29 is 28.2 Å². The van der Waals surface area contributed by atoms with Gasteiger partial charge >= 0.3 is 12.1 Å². The van der Waals surface area contributed by atoms with Crippen LogP contribution >= 0.6 is 0 Å². The molecule has 1 aliphatic heterocycles. The number of esters is 1. The molecule has 3 aromatic rings. The molecular formula is C24H24N2O6. The number of carbonyl (C=O) groups is 2. The van der Waals surface area contributed by atoms with Crippen LogP contribution < -0.4 is 9.47 Å². The molecule has 8 nitrogen and oxygen atoms in total. The van der Waals surface area contributed by atoms with Gasteiger partial charge < -0.3 is 18.6 Å². The SMILES string of the molecule is CCCN1C(=O)OC(=O)C1c1ccc(OCc2nc(-c3ccccc3)oc2C)c(OC)c1. The van der Waals surface area contributed by atoms with Crippen molar-refractivity contribution >= 4 is 12.1 Å². The molecule has 1 fully saturated rings. The van der Waals surface area contributed by atoms with Crippen molar-refractivity contribution in [3.63, 3.8) is 0 Å². The average Bonchev–Trinajstić information content (AvgIpc) is 3.31. The van der Waals surface area contributed by atoms with E-state index in [1.54, 1.807) is 18.2 Å². The predicted octanol–water partition coefficient (Wildman–Crippen LogP) is 4.67. The van der Waals surface area contributed by atoms with E-state index >= 15 is 0 Å². The fraction of sp³-hybridized carbons (Fsp3) is 0.292. The molecule has 166 valence electrons. The number of benzene rings is 2. The summed E-state index contributed by atoms with van der Waals surface area (Å²) in [4.78, 5) is 30.2. The molecule has 32 heavy (non-hydrogen) atoms. The first-order valence-corrected chi connectivity index (χ1v) is 10.4. The van der Waals surface area contributed by atoms with E-state index in [-0.39, 0.29) is 6.61 Å². The van der Waals surface area contributed by atoms with Gasteiger partial charge in [0.15, 0.2) is 17.5 Å². The summed E-state index contributed by atoms with van der Waals surface area (Å²) in [6.45, 7) is 4.37. The van der Waals surface area contributed by atoms with Gasteiger partial charge in [0.05, 0.1) is 7.11 Å². The van der Waals surface area contributed by atoms with Gasteiger partial charge in [0.2, 0.25) is 5.89 Å². The van der Waals surface area contributed by atoms with Crippen LogP contribution in [-0.4, -0.2) is 35.6 Å². The second-order valence-corrected chi connectivity index (χ2v) is 7.37. The third-order valence-electron chi connectivity index (χ3n) is 5.20. The third kappa shape index (κ3) is 4.16. The highest BCUT2D eigenvalue weighted by atomic mass is 16.6. The van der Waals surface area contributed by atoms with Crippen LogP contribution in [0.4, 0.5) is 4.79 Å². The Morgan fingerprint density at radius 1 is 1.09 bits per heavy atom. The first-order chi connectivity index (χ1) is 15.5. The number of aromatic nitrogens is 1. The first kappa shape index (κ1) is 21.4. The molecule has 1 aliphatic rings. The van der Waals surface area contributed by atoms with Crippen molar-refractivity contribution in [1.29, 1.82) is 0 Å². The molecule has 0 N–H and O–H groups in total. The molecule has 0 radical (unpaired) electrons. The lowest BCUT2D eigenvalue weighted by Gasteiger charge is -2.20. The van der Waals surface area contributed by atoms with Crippen LogP contribution in [0.5, 0.6) is 11.5 Å². The van der Waals surface area contributed by atoms with Crippen LogP contribution in [0.2, 0.25) is 0 Å². The Labute approximate surface area is 185 Å². The van der Waals surface area contributed by atoms with Crippen LogP contribution in [0.3, 0.4) is 0 Å². The molecule has 8 heteroatoms. The number of methoxy groups -OCH3 is 1. The van der Waals surface area contributed by atoms with Crippen LogP contribution in [0.15, 0.2) is 52.9 Å². The lowest BCUT2D eigenvalue weighted by Crippen LogP contribution is -2.29. The van der Waals surface area contributed by atoms with Gasteiger partial charge in [-0.15, -0.1) is 0 Å². The number of hydrogen-bond acceptors (Lipinski definition) is 7. The van der Waals surface area contributed by atoms with E-state index in [4.69, 9.17) is 18.6 Å². The van der Waals surface area contributed by atoms with Crippen molar-refractivity contribution in [1.82, 2.24) is 9.88 Å². The highest BCUT2D eigenvalue weighted by Crippen LogP contribution is 2.36. The van der Waals surface area contributed by atoms with E-state index in [1.807, 2.05) is 44.2 Å². The monoisotopic (exact) mass is 436 g/mol. The molecule has 1 amide bonds. The van der Waals surface area contributed by atoms with Crippen molar-refractivity contribution in [2.75, 3.05) is 13.7 Å². The third-order valence-corrected chi connectivity index (χ3v) is 5.20. The van der Waals surface area contributed by atoms with E-state index in [2.05, 4.69) is 4.98 Å². The van der Waals surface area contributed by atoms with Crippen LogP contribution in [-0.2, 0) is 16.1 Å². The van der Waals surface area contributed by atoms with Gasteiger partial charge in [-0.25, -0.2) is 14.6 Å². The van der Waals surface area contributed by atoms with Gasteiger partial charge in [-0.3, -0.25) is 4.90 Å². The van der Waals surface area contributed by atoms with Crippen molar-refractivity contribution in [2.45, 2.75) is 32.9 Å². The molecular weight excluding hydrogens is 412 g/mol. The Hall–Kier alpha value is -3.81. The molecule has 1 atom stereocenters. The summed E-state index contributed by atoms with van der Waals surface area (Å²) in [6, 6.07) is 14.0. The number of rotatable bonds is 8. The minimum Gasteiger partial charge on any atom is -0.493 e. The zero-order chi connectivity index (χ0) is 22.7. The molecule has 4 rings (SSSR count). The summed E-state index contributed by atoms with van der Waals surface area (Å²) in [5.74, 6) is 1.53. The Balaban J connectivity index is 1.53. The molecule has 1 unspecified atom stereocenters. The highest BCUT2D eigenvalue weighted by Gasteiger charge is 2.41. The summed E-state index contributed by atoms with van der Waals surface area (Å²) >= 11 is 0. The number of nitrogens with zero attached hydrogens (tertiary/aromatic N) is 2. The molecule has 2 aromatic carbocycles. The molecule has 0 aliphatic carbocycles. The number of oxazole rings is 1. The molecule has 1 saturated heterocycles. The summed E-state index contributed by atoms with van der Waals surface area (Å²) < 4.78 is 22.0. The van der Waals surface area contributed by atoms with Gasteiger partial charge in [-0.05, 0) is 43.2 Å². The fourth-order valence-electron chi connectivity index (χ4n) is 3.60. The average molecular weight is 436 g/mol. The van der Waals surface area contributed by atoms with E-state index < -0.39 is 18.1 Å². The zero-order valence-electron chi connectivity index (χ0n) is 18.2. The molecule has 0 bridgehead atoms. The lowest BCUT2D eigenvalue weighted by molar-refractivity contribution is -0.136. The van der Waals surface area contributed by atoms with Crippen molar-refractivity contribution in [3.05, 3.63) is 65.5 Å². The van der Waals surface area contributed by atoms with Crippen molar-refractivity contribution in [2.24, 2.45) is 0 Å². The quantitative estimate of drug-likeness (QED) is 0.374. The number of hydrogen-bond donors (Lipinski definition) is 0. The second-order valence-electron chi connectivity index (χ2n) is 7.37. The first-order valence-electron chi connectivity index (χ1n) is 10.4. The van der Waals surface area contributed by atoms with Crippen LogP contribution in [0.25, 0.3) is 11.5 Å². The Bertz CT molecular complexity index is 1120. The molecule has 0 spiro atoms. The van der Waals surface area contributed by atoms with Crippen LogP contribution in [0.1, 0.15) is 36.4 Å². The van der Waals surface area contributed by atoms with Gasteiger partial charge in [0, 0.05) is 12.1 Å². The normalized spacial score (nSPS) is 15.7. The number of cyclic esters (lactones) is 2. The fourth-order valence-corrected chi connectivity index (χ4v) is 3.60. The van der Waals surface area contributed by atoms with Crippen LogP contribution in [0, 0.1) is 6.92 Å². The Morgan fingerprint density at radius 2 is 1.88 bits per heavy atom. The highest BCUT2D eigenvalue weighted by molar-refractivity contribution is 5.96. The van der Waals surface area contributed by atoms with Crippen molar-refractivity contribution in [3.8, 4) is 23.0 Å². The largest absolute Gasteiger partial charge is 0.493 e. The second kappa shape index (κ2) is 9.13. The lowest BCUT2D eigenvalue weighted by atomic mass is 10.1. The molecule has 1 aromatic heterocycles. The Kier molecular flexibility index (Phi) is 6.11. The maximum atomic E-state index is 12.2. The maximum Gasteiger partial charge on any atom is 0.418 e. The van der Waals surface area contributed by atoms with Gasteiger partial charge in [-0.1, -0.05) is 31.2 Å². The minimum absolute atomic E-state index is 0.184. The Morgan fingerprint density at radius 3 is 2.59 bits per heavy atom. The summed E-state index contributed by atoms with van der Waals surface area (Å²) in [5.41, 5.74) is 2.16. The minimum atomic E-state index is -0.795. The summed E-state index contributed by atoms with van der Waals surface area (Å²) in [7, 11) is 1.52. The predicted molar refractivity (Wildman–Crippen MR) is 115 cm³/mol. The molecule has 2 heterocycles. The number of carbonyl (C=O) groups excluding carboxylic acids is 2. The van der Waals surface area contributed by atoms with E-state index in [1.165, 1.54) is 12.0 Å². The maximum absolute atomic E-state index is 12.2. The number of amides is 1. The number of aryl methyl sites for hydroxylation is 1. The molecule has 0 saturated carbocycles. The standard InChI is InChI=1S/C24H24N2O6/c1-4-12-26-21(23(27)32-24(26)28)17-10-11-19(20(13-17)29-3)30-14-18-15(2)31-22(25-18)16-8-6-5-7-9-16/h5-11,13,21H,4,12,14H2,1-3H3. The van der Waals surface area contributed by atoms with Gasteiger partial charge in [0.1, 0.15) is 18.1 Å². The van der Waals surface area contributed by atoms with E-state index in [9.17, 15) is 9.59 Å². The zero-order valence-corrected chi connectivity index (χ0v) is 18.2. The smallest absolute Gasteiger partial charge is 0.418 e. The van der Waals surface area contributed by atoms with Gasteiger partial charge in [0.25, 0.3) is 0 Å². The topological polar surface area (TPSA) is 91.1 Å². The number of ether oxygens (including phenoxy) is 3. The van der Waals surface area contributed by atoms with Gasteiger partial charge in [-0.2, -0.15) is 0 Å². The summed E-state index contributed by atoms with van der Waals surface area (Å²) in [5, 5.41) is 0. The van der Waals surface area contributed by atoms with E-state index in [0.717, 1.165) is 5.56 Å². The summed E-state index contributed by atoms with van der Waals surface area (Å²) in [6.07, 6.45) is 0.0797.